The Balaban J connectivity index is 2.96. The number of ether oxygens (including phenoxy) is 4. The number of hydrogen-bond acceptors (Lipinski definition) is 10. The van der Waals surface area contributed by atoms with Crippen molar-refractivity contribution in [1.29, 1.82) is 0 Å². The topological polar surface area (TPSA) is 172 Å². The van der Waals surface area contributed by atoms with Crippen LogP contribution in [-0.4, -0.2) is 70.8 Å². The van der Waals surface area contributed by atoms with E-state index in [1.807, 2.05) is 60.6 Å². The molecule has 0 radical (unpaired) electrons. The number of rotatable bonds is 18. The van der Waals surface area contributed by atoms with Gasteiger partial charge < -0.3 is 34.9 Å². The maximum atomic E-state index is 12.4. The van der Waals surface area contributed by atoms with Crippen molar-refractivity contribution in [3.05, 3.63) is 48.6 Å². The number of hydrogen-bond donors (Lipinski definition) is 3. The van der Waals surface area contributed by atoms with Crippen LogP contribution in [0.2, 0.25) is 0 Å². The molecule has 4 N–H and O–H groups in total. The van der Waals surface area contributed by atoms with E-state index in [9.17, 15) is 29.4 Å². The standard InChI is InChI=1S/C37H59NO10/c1-12-13-14-22(4)33(48-37(38)44)26(8)34(45-28(10)39)24(6)18-20(2)17-23(5)32(42)21(3)15-16-30(41)19-31-25(7)35(46-29(11)40)27(9)36(43)47-31/h12-17,21-27,30-35,41-42H,1,18-19H2,2-11H3,(H2,38,44)/b14-13-,16-15-,20-17-/t21-,22-,23+,24-,25+,26-,27-,30+,31+,32-,33+,34+,35+/m0/s1. The Labute approximate surface area is 286 Å². The first kappa shape index (κ1) is 42.6. The lowest BCUT2D eigenvalue weighted by molar-refractivity contribution is -0.188. The fraction of sp³-hybridized carbons (Fsp3) is 0.676. The zero-order valence-corrected chi connectivity index (χ0v) is 30.3. The Morgan fingerprint density at radius 1 is 0.917 bits per heavy atom. The summed E-state index contributed by atoms with van der Waals surface area (Å²) in [5.41, 5.74) is 6.36. The summed E-state index contributed by atoms with van der Waals surface area (Å²) >= 11 is 0. The number of aliphatic hydroxyl groups is 2. The lowest BCUT2D eigenvalue weighted by Crippen LogP contribution is -2.49. The number of primary amides is 1. The van der Waals surface area contributed by atoms with Crippen LogP contribution < -0.4 is 5.73 Å². The first-order valence-electron chi connectivity index (χ1n) is 16.8. The number of carbonyl (C=O) groups is 4. The molecule has 1 rings (SSSR count). The molecule has 272 valence electrons. The Hall–Kier alpha value is -3.44. The number of esters is 3. The minimum atomic E-state index is -0.947. The van der Waals surface area contributed by atoms with Gasteiger partial charge in [0.05, 0.1) is 18.1 Å². The third-order valence-corrected chi connectivity index (χ3v) is 9.14. The van der Waals surface area contributed by atoms with Crippen molar-refractivity contribution in [3.63, 3.8) is 0 Å². The van der Waals surface area contributed by atoms with Gasteiger partial charge >= 0.3 is 24.0 Å². The molecule has 1 fully saturated rings. The first-order chi connectivity index (χ1) is 22.3. The number of carbonyl (C=O) groups excluding carboxylic acids is 4. The fourth-order valence-corrected chi connectivity index (χ4v) is 6.59. The van der Waals surface area contributed by atoms with Gasteiger partial charge in [-0.15, -0.1) is 0 Å². The minimum Gasteiger partial charge on any atom is -0.462 e. The van der Waals surface area contributed by atoms with Gasteiger partial charge in [0.25, 0.3) is 0 Å². The normalized spacial score (nSPS) is 25.9. The molecular formula is C37H59NO10. The zero-order valence-electron chi connectivity index (χ0n) is 30.3. The molecule has 1 heterocycles. The van der Waals surface area contributed by atoms with Gasteiger partial charge in [0.15, 0.2) is 0 Å². The molecule has 1 amide bonds. The maximum absolute atomic E-state index is 12.4. The molecule has 11 heteroatoms. The van der Waals surface area contributed by atoms with Crippen molar-refractivity contribution in [2.75, 3.05) is 0 Å². The van der Waals surface area contributed by atoms with Crippen LogP contribution in [0.1, 0.15) is 82.1 Å². The summed E-state index contributed by atoms with van der Waals surface area (Å²) in [6.07, 6.45) is 6.06. The molecule has 0 aliphatic carbocycles. The van der Waals surface area contributed by atoms with E-state index in [2.05, 4.69) is 6.58 Å². The summed E-state index contributed by atoms with van der Waals surface area (Å²) in [6, 6.07) is 0. The van der Waals surface area contributed by atoms with Gasteiger partial charge in [-0.25, -0.2) is 4.79 Å². The van der Waals surface area contributed by atoms with Crippen LogP contribution >= 0.6 is 0 Å². The van der Waals surface area contributed by atoms with E-state index in [4.69, 9.17) is 24.7 Å². The van der Waals surface area contributed by atoms with Crippen LogP contribution in [0.15, 0.2) is 48.6 Å². The quantitative estimate of drug-likeness (QED) is 0.0734. The molecule has 11 nitrogen and oxygen atoms in total. The molecule has 1 aliphatic rings. The van der Waals surface area contributed by atoms with Crippen LogP contribution in [0.25, 0.3) is 0 Å². The second kappa shape index (κ2) is 20.2. The molecular weight excluding hydrogens is 618 g/mol. The van der Waals surface area contributed by atoms with E-state index in [0.29, 0.717) is 6.42 Å². The predicted octanol–water partition coefficient (Wildman–Crippen LogP) is 5.44. The van der Waals surface area contributed by atoms with Gasteiger partial charge in [-0.2, -0.15) is 0 Å². The molecule has 1 saturated heterocycles. The van der Waals surface area contributed by atoms with Gasteiger partial charge in [0.2, 0.25) is 0 Å². The second-order valence-corrected chi connectivity index (χ2v) is 13.6. The SMILES string of the molecule is C=C/C=C\[C@H](C)[C@@H](OC(N)=O)[C@H](C)[C@H](OC(C)=O)[C@@H](C)C/C(C)=C\[C@@H](C)[C@@H](O)[C@@H](C)/C=C\[C@@H](O)C[C@H]1OC(=O)[C@@H](C)[C@H](OC(C)=O)[C@@H]1C. The first-order valence-corrected chi connectivity index (χ1v) is 16.8. The van der Waals surface area contributed by atoms with Crippen LogP contribution in [0.3, 0.4) is 0 Å². The number of aliphatic hydroxyl groups excluding tert-OH is 2. The van der Waals surface area contributed by atoms with Crippen molar-refractivity contribution < 1.29 is 48.3 Å². The van der Waals surface area contributed by atoms with Crippen molar-refractivity contribution in [3.8, 4) is 0 Å². The summed E-state index contributed by atoms with van der Waals surface area (Å²) in [7, 11) is 0. The average Bonchev–Trinajstić information content (AvgIpc) is 2.99. The summed E-state index contributed by atoms with van der Waals surface area (Å²) in [6.45, 7) is 21.2. The molecule has 48 heavy (non-hydrogen) atoms. The van der Waals surface area contributed by atoms with Crippen molar-refractivity contribution in [1.82, 2.24) is 0 Å². The Morgan fingerprint density at radius 3 is 2.08 bits per heavy atom. The second-order valence-electron chi connectivity index (χ2n) is 13.6. The molecule has 0 unspecified atom stereocenters. The molecule has 0 bridgehead atoms. The predicted molar refractivity (Wildman–Crippen MR) is 183 cm³/mol. The summed E-state index contributed by atoms with van der Waals surface area (Å²) in [5, 5.41) is 21.8. The van der Waals surface area contributed by atoms with Crippen LogP contribution in [0.4, 0.5) is 4.79 Å². The smallest absolute Gasteiger partial charge is 0.404 e. The van der Waals surface area contributed by atoms with E-state index >= 15 is 0 Å². The van der Waals surface area contributed by atoms with E-state index in [1.54, 1.807) is 31.2 Å². The fourth-order valence-electron chi connectivity index (χ4n) is 6.59. The van der Waals surface area contributed by atoms with Gasteiger partial charge in [0, 0.05) is 49.9 Å². The molecule has 0 aromatic rings. The zero-order chi connectivity index (χ0) is 36.9. The highest BCUT2D eigenvalue weighted by atomic mass is 16.6. The van der Waals surface area contributed by atoms with E-state index in [0.717, 1.165) is 5.57 Å². The number of amides is 1. The van der Waals surface area contributed by atoms with Crippen LogP contribution in [-0.2, 0) is 33.3 Å². The van der Waals surface area contributed by atoms with Gasteiger partial charge in [-0.05, 0) is 26.2 Å². The monoisotopic (exact) mass is 677 g/mol. The number of nitrogens with two attached hydrogens (primary N) is 1. The Bertz CT molecular complexity index is 1180. The average molecular weight is 678 g/mol. The van der Waals surface area contributed by atoms with Crippen molar-refractivity contribution >= 4 is 24.0 Å². The van der Waals surface area contributed by atoms with E-state index in [1.165, 1.54) is 13.8 Å². The third-order valence-electron chi connectivity index (χ3n) is 9.14. The summed E-state index contributed by atoms with van der Waals surface area (Å²) in [4.78, 5) is 47.7. The van der Waals surface area contributed by atoms with Crippen molar-refractivity contribution in [2.24, 2.45) is 47.2 Å². The van der Waals surface area contributed by atoms with Crippen molar-refractivity contribution in [2.45, 2.75) is 119 Å². The number of allylic oxidation sites excluding steroid dienone is 3. The lowest BCUT2D eigenvalue weighted by atomic mass is 9.81. The summed E-state index contributed by atoms with van der Waals surface area (Å²) in [5.74, 6) is -3.64. The molecule has 0 aromatic heterocycles. The highest BCUT2D eigenvalue weighted by Crippen LogP contribution is 2.33. The highest BCUT2D eigenvalue weighted by Gasteiger charge is 2.44. The minimum absolute atomic E-state index is 0.125. The van der Waals surface area contributed by atoms with Gasteiger partial charge in [0.1, 0.15) is 24.4 Å². The van der Waals surface area contributed by atoms with E-state index in [-0.39, 0.29) is 41.9 Å². The Morgan fingerprint density at radius 2 is 1.54 bits per heavy atom. The molecule has 1 aliphatic heterocycles. The van der Waals surface area contributed by atoms with Crippen LogP contribution in [0.5, 0.6) is 0 Å². The highest BCUT2D eigenvalue weighted by molar-refractivity contribution is 5.75. The largest absolute Gasteiger partial charge is 0.462 e. The van der Waals surface area contributed by atoms with Gasteiger partial charge in [-0.3, -0.25) is 14.4 Å². The van der Waals surface area contributed by atoms with E-state index < -0.39 is 66.5 Å². The third kappa shape index (κ3) is 13.6. The molecule has 0 spiro atoms. The molecule has 0 saturated carbocycles. The molecule has 13 atom stereocenters. The number of cyclic esters (lactones) is 1. The lowest BCUT2D eigenvalue weighted by Gasteiger charge is -2.38. The summed E-state index contributed by atoms with van der Waals surface area (Å²) < 4.78 is 22.1. The maximum Gasteiger partial charge on any atom is 0.404 e. The van der Waals surface area contributed by atoms with Gasteiger partial charge in [-0.1, -0.05) is 90.2 Å². The Kier molecular flexibility index (Phi) is 17.9. The van der Waals surface area contributed by atoms with Crippen LogP contribution in [0, 0.1) is 41.4 Å². The molecule has 0 aromatic carbocycles.